The van der Waals surface area contributed by atoms with E-state index in [-0.39, 0.29) is 11.9 Å². The van der Waals surface area contributed by atoms with E-state index in [1.165, 1.54) is 7.11 Å². The number of fused-ring (bicyclic) bond motifs is 1. The van der Waals surface area contributed by atoms with Crippen molar-refractivity contribution in [2.75, 3.05) is 7.11 Å². The fourth-order valence-corrected chi connectivity index (χ4v) is 2.88. The number of carbonyl (C=O) groups excluding carboxylic acids is 1. The lowest BCUT2D eigenvalue weighted by Gasteiger charge is -2.23. The van der Waals surface area contributed by atoms with Crippen molar-refractivity contribution >= 4 is 17.6 Å². The lowest BCUT2D eigenvalue weighted by atomic mass is 9.98. The Bertz CT molecular complexity index is 651. The van der Waals surface area contributed by atoms with E-state index in [0.717, 1.165) is 29.9 Å². The van der Waals surface area contributed by atoms with E-state index in [2.05, 4.69) is 9.55 Å². The third kappa shape index (κ3) is 2.20. The zero-order chi connectivity index (χ0) is 14.1. The predicted molar refractivity (Wildman–Crippen MR) is 76.5 cm³/mol. The van der Waals surface area contributed by atoms with Crippen LogP contribution in [0.1, 0.15) is 12.1 Å². The first kappa shape index (κ1) is 13.2. The smallest absolute Gasteiger partial charge is 0.310 e. The molecule has 2 aromatic rings. The summed E-state index contributed by atoms with van der Waals surface area (Å²) < 4.78 is 6.93. The third-order valence-corrected chi connectivity index (χ3v) is 4.07. The van der Waals surface area contributed by atoms with Crippen LogP contribution in [0.4, 0.5) is 0 Å². The molecule has 1 aromatic heterocycles. The van der Waals surface area contributed by atoms with Gasteiger partial charge in [-0.25, -0.2) is 4.98 Å². The Morgan fingerprint density at radius 1 is 1.45 bits per heavy atom. The number of ether oxygens (including phenoxy) is 1. The first-order valence-corrected chi connectivity index (χ1v) is 6.95. The summed E-state index contributed by atoms with van der Waals surface area (Å²) in [7, 11) is 1.43. The summed E-state index contributed by atoms with van der Waals surface area (Å²) in [5, 5.41) is 0.668. The highest BCUT2D eigenvalue weighted by molar-refractivity contribution is 6.33. The van der Waals surface area contributed by atoms with Gasteiger partial charge in [0.05, 0.1) is 18.1 Å². The van der Waals surface area contributed by atoms with Gasteiger partial charge in [0, 0.05) is 24.0 Å². The molecule has 1 aliphatic rings. The Labute approximate surface area is 122 Å². The molecule has 0 amide bonds. The molecule has 5 heteroatoms. The summed E-state index contributed by atoms with van der Waals surface area (Å²) in [6.45, 7) is 0.600. The average Bonchev–Trinajstić information content (AvgIpc) is 2.90. The van der Waals surface area contributed by atoms with Crippen LogP contribution in [-0.4, -0.2) is 22.6 Å². The van der Waals surface area contributed by atoms with Gasteiger partial charge in [0.25, 0.3) is 0 Å². The van der Waals surface area contributed by atoms with Crippen LogP contribution in [0.2, 0.25) is 5.02 Å². The molecule has 3 rings (SSSR count). The van der Waals surface area contributed by atoms with Crippen molar-refractivity contribution in [2.24, 2.45) is 5.92 Å². The number of aryl methyl sites for hydroxylation is 1. The standard InChI is InChI=1S/C15H15ClN2O2/c1-20-15(19)10-6-7-11-8-17-14(18(11)9-10)12-4-2-3-5-13(12)16/h2-5,8,10H,6-7,9H2,1H3. The first-order chi connectivity index (χ1) is 9.70. The summed E-state index contributed by atoms with van der Waals surface area (Å²) in [6, 6.07) is 7.62. The number of methoxy groups -OCH3 is 1. The number of esters is 1. The van der Waals surface area contributed by atoms with Crippen molar-refractivity contribution < 1.29 is 9.53 Å². The number of carbonyl (C=O) groups is 1. The van der Waals surface area contributed by atoms with Crippen molar-refractivity contribution in [2.45, 2.75) is 19.4 Å². The summed E-state index contributed by atoms with van der Waals surface area (Å²) in [6.07, 6.45) is 3.50. The molecular weight excluding hydrogens is 276 g/mol. The molecule has 0 aliphatic carbocycles. The van der Waals surface area contributed by atoms with Crippen LogP contribution >= 0.6 is 11.6 Å². The van der Waals surface area contributed by atoms with Crippen molar-refractivity contribution in [3.8, 4) is 11.4 Å². The van der Waals surface area contributed by atoms with Gasteiger partial charge in [0.1, 0.15) is 5.82 Å². The molecule has 0 bridgehead atoms. The molecular formula is C15H15ClN2O2. The largest absolute Gasteiger partial charge is 0.469 e. The lowest BCUT2D eigenvalue weighted by molar-refractivity contribution is -0.146. The fraction of sp³-hybridized carbons (Fsp3) is 0.333. The molecule has 1 aliphatic heterocycles. The van der Waals surface area contributed by atoms with Crippen LogP contribution in [0.5, 0.6) is 0 Å². The van der Waals surface area contributed by atoms with E-state index in [9.17, 15) is 4.79 Å². The molecule has 0 fully saturated rings. The van der Waals surface area contributed by atoms with Crippen LogP contribution in [0, 0.1) is 5.92 Å². The van der Waals surface area contributed by atoms with Crippen LogP contribution in [0.3, 0.4) is 0 Å². The number of rotatable bonds is 2. The minimum atomic E-state index is -0.158. The van der Waals surface area contributed by atoms with E-state index in [0.29, 0.717) is 11.6 Å². The zero-order valence-electron chi connectivity index (χ0n) is 11.2. The molecule has 104 valence electrons. The van der Waals surface area contributed by atoms with E-state index in [1.807, 2.05) is 30.5 Å². The molecule has 0 spiro atoms. The molecule has 0 saturated carbocycles. The first-order valence-electron chi connectivity index (χ1n) is 6.58. The minimum Gasteiger partial charge on any atom is -0.469 e. The Balaban J connectivity index is 1.99. The number of imidazole rings is 1. The average molecular weight is 291 g/mol. The van der Waals surface area contributed by atoms with Gasteiger partial charge in [-0.2, -0.15) is 0 Å². The van der Waals surface area contributed by atoms with Crippen LogP contribution in [-0.2, 0) is 22.5 Å². The number of nitrogens with zero attached hydrogens (tertiary/aromatic N) is 2. The molecule has 2 heterocycles. The van der Waals surface area contributed by atoms with Crippen LogP contribution in [0.25, 0.3) is 11.4 Å². The second-order valence-electron chi connectivity index (χ2n) is 4.92. The number of hydrogen-bond donors (Lipinski definition) is 0. The van der Waals surface area contributed by atoms with Crippen molar-refractivity contribution in [1.29, 1.82) is 0 Å². The summed E-state index contributed by atoms with van der Waals surface area (Å²) >= 11 is 6.24. The topological polar surface area (TPSA) is 44.1 Å². The molecule has 0 saturated heterocycles. The van der Waals surface area contributed by atoms with E-state index < -0.39 is 0 Å². The number of hydrogen-bond acceptors (Lipinski definition) is 3. The molecule has 20 heavy (non-hydrogen) atoms. The van der Waals surface area contributed by atoms with Crippen LogP contribution in [0.15, 0.2) is 30.5 Å². The van der Waals surface area contributed by atoms with Gasteiger partial charge >= 0.3 is 5.97 Å². The van der Waals surface area contributed by atoms with Gasteiger partial charge in [-0.05, 0) is 25.0 Å². The Kier molecular flexibility index (Phi) is 3.49. The van der Waals surface area contributed by atoms with Gasteiger partial charge in [-0.1, -0.05) is 23.7 Å². The van der Waals surface area contributed by atoms with Gasteiger partial charge < -0.3 is 9.30 Å². The fourth-order valence-electron chi connectivity index (χ4n) is 2.66. The van der Waals surface area contributed by atoms with Crippen molar-refractivity contribution in [1.82, 2.24) is 9.55 Å². The maximum Gasteiger partial charge on any atom is 0.310 e. The number of benzene rings is 1. The summed E-state index contributed by atoms with van der Waals surface area (Å²) in [5.74, 6) is 0.552. The maximum absolute atomic E-state index is 11.7. The SMILES string of the molecule is COC(=O)C1CCc2cnc(-c3ccccc3Cl)n2C1. The number of halogens is 1. The van der Waals surface area contributed by atoms with E-state index in [4.69, 9.17) is 16.3 Å². The predicted octanol–water partition coefficient (Wildman–Crippen LogP) is 2.94. The Morgan fingerprint density at radius 3 is 3.00 bits per heavy atom. The van der Waals surface area contributed by atoms with Gasteiger partial charge in [0.2, 0.25) is 0 Å². The second-order valence-corrected chi connectivity index (χ2v) is 5.33. The molecule has 0 radical (unpaired) electrons. The van der Waals surface area contributed by atoms with Crippen molar-refractivity contribution in [3.63, 3.8) is 0 Å². The van der Waals surface area contributed by atoms with Gasteiger partial charge in [0.15, 0.2) is 0 Å². The summed E-state index contributed by atoms with van der Waals surface area (Å²) in [4.78, 5) is 16.2. The Morgan fingerprint density at radius 2 is 2.25 bits per heavy atom. The third-order valence-electron chi connectivity index (χ3n) is 3.74. The molecule has 1 atom stereocenters. The highest BCUT2D eigenvalue weighted by Gasteiger charge is 2.27. The van der Waals surface area contributed by atoms with Gasteiger partial charge in [-0.3, -0.25) is 4.79 Å². The summed E-state index contributed by atoms with van der Waals surface area (Å²) in [5.41, 5.74) is 2.03. The molecule has 4 nitrogen and oxygen atoms in total. The second kappa shape index (κ2) is 5.29. The van der Waals surface area contributed by atoms with Gasteiger partial charge in [-0.15, -0.1) is 0 Å². The lowest BCUT2D eigenvalue weighted by Crippen LogP contribution is -2.27. The monoisotopic (exact) mass is 290 g/mol. The minimum absolute atomic E-state index is 0.108. The van der Waals surface area contributed by atoms with E-state index >= 15 is 0 Å². The molecule has 0 N–H and O–H groups in total. The quantitative estimate of drug-likeness (QED) is 0.799. The molecule has 1 unspecified atom stereocenters. The normalized spacial score (nSPS) is 17.6. The van der Waals surface area contributed by atoms with E-state index in [1.54, 1.807) is 0 Å². The zero-order valence-corrected chi connectivity index (χ0v) is 11.9. The molecule has 1 aromatic carbocycles. The Hall–Kier alpha value is -1.81. The highest BCUT2D eigenvalue weighted by atomic mass is 35.5. The highest BCUT2D eigenvalue weighted by Crippen LogP contribution is 2.31. The maximum atomic E-state index is 11.7. The van der Waals surface area contributed by atoms with Crippen LogP contribution < -0.4 is 0 Å². The van der Waals surface area contributed by atoms with Crippen molar-refractivity contribution in [3.05, 3.63) is 41.2 Å². The number of aromatic nitrogens is 2.